The van der Waals surface area contributed by atoms with Crippen molar-refractivity contribution in [2.24, 2.45) is 5.73 Å². The average molecular weight is 325 g/mol. The number of para-hydroxylation sites is 1. The van der Waals surface area contributed by atoms with Gasteiger partial charge in [0.25, 0.3) is 0 Å². The molecule has 1 rings (SSSR count). The monoisotopic (exact) mass is 324 g/mol. The fourth-order valence-corrected chi connectivity index (χ4v) is 3.02. The topological polar surface area (TPSA) is 72.2 Å². The van der Waals surface area contributed by atoms with E-state index in [2.05, 4.69) is 20.7 Å². The molecule has 0 atom stereocenters. The first kappa shape index (κ1) is 14.4. The molecule has 0 saturated carbocycles. The van der Waals surface area contributed by atoms with Crippen LogP contribution in [0.4, 0.5) is 10.1 Å². The summed E-state index contributed by atoms with van der Waals surface area (Å²) in [6.45, 7) is 0.443. The third-order valence-electron chi connectivity index (χ3n) is 2.09. The van der Waals surface area contributed by atoms with Crippen molar-refractivity contribution in [3.8, 4) is 0 Å². The molecule has 0 spiro atoms. The molecule has 0 amide bonds. The SMILES string of the molecule is NCCCCS(=O)(=O)Nc1c(F)cccc1Br. The van der Waals surface area contributed by atoms with Gasteiger partial charge in [0.05, 0.1) is 11.4 Å². The van der Waals surface area contributed by atoms with E-state index < -0.39 is 15.8 Å². The number of halogens is 2. The Morgan fingerprint density at radius 3 is 2.65 bits per heavy atom. The van der Waals surface area contributed by atoms with Crippen molar-refractivity contribution in [3.05, 3.63) is 28.5 Å². The third kappa shape index (κ3) is 4.61. The summed E-state index contributed by atoms with van der Waals surface area (Å²) >= 11 is 3.09. The van der Waals surface area contributed by atoms with Crippen LogP contribution in [0.2, 0.25) is 0 Å². The summed E-state index contributed by atoms with van der Waals surface area (Å²) in [5.74, 6) is -0.674. The summed E-state index contributed by atoms with van der Waals surface area (Å²) in [5, 5.41) is 0. The lowest BCUT2D eigenvalue weighted by Gasteiger charge is -2.10. The Morgan fingerprint density at radius 2 is 2.06 bits per heavy atom. The molecule has 0 radical (unpaired) electrons. The van der Waals surface area contributed by atoms with Gasteiger partial charge >= 0.3 is 0 Å². The van der Waals surface area contributed by atoms with Gasteiger partial charge in [0.1, 0.15) is 5.82 Å². The molecular weight excluding hydrogens is 311 g/mol. The van der Waals surface area contributed by atoms with Crippen molar-refractivity contribution >= 4 is 31.6 Å². The first-order valence-corrected chi connectivity index (χ1v) is 7.55. The van der Waals surface area contributed by atoms with E-state index in [0.29, 0.717) is 23.9 Å². The first-order chi connectivity index (χ1) is 7.96. The van der Waals surface area contributed by atoms with Crippen molar-refractivity contribution in [2.75, 3.05) is 17.0 Å². The molecular formula is C10H14BrFN2O2S. The number of hydrogen-bond donors (Lipinski definition) is 2. The Hall–Kier alpha value is -0.660. The van der Waals surface area contributed by atoms with Crippen LogP contribution < -0.4 is 10.5 Å². The Bertz CT molecular complexity index is 459. The molecule has 0 bridgehead atoms. The first-order valence-electron chi connectivity index (χ1n) is 5.11. The van der Waals surface area contributed by atoms with Gasteiger partial charge in [-0.1, -0.05) is 6.07 Å². The molecule has 3 N–H and O–H groups in total. The zero-order valence-corrected chi connectivity index (χ0v) is 11.5. The maximum absolute atomic E-state index is 13.4. The zero-order chi connectivity index (χ0) is 12.9. The van der Waals surface area contributed by atoms with Gasteiger partial charge in [0.2, 0.25) is 10.0 Å². The Kier molecular flexibility index (Phi) is 5.35. The van der Waals surface area contributed by atoms with Crippen LogP contribution in [-0.2, 0) is 10.0 Å². The van der Waals surface area contributed by atoms with E-state index in [4.69, 9.17) is 5.73 Å². The van der Waals surface area contributed by atoms with Gasteiger partial charge < -0.3 is 5.73 Å². The molecule has 1 aromatic rings. The highest BCUT2D eigenvalue weighted by molar-refractivity contribution is 9.10. The summed E-state index contributed by atoms with van der Waals surface area (Å²) in [6, 6.07) is 4.26. The smallest absolute Gasteiger partial charge is 0.232 e. The summed E-state index contributed by atoms with van der Waals surface area (Å²) < 4.78 is 39.3. The second kappa shape index (κ2) is 6.32. The van der Waals surface area contributed by atoms with E-state index in [1.54, 1.807) is 6.07 Å². The van der Waals surface area contributed by atoms with Crippen LogP contribution in [0.15, 0.2) is 22.7 Å². The van der Waals surface area contributed by atoms with Gasteiger partial charge in [0, 0.05) is 4.47 Å². The highest BCUT2D eigenvalue weighted by atomic mass is 79.9. The maximum atomic E-state index is 13.4. The minimum atomic E-state index is -3.53. The predicted molar refractivity (Wildman–Crippen MR) is 69.8 cm³/mol. The van der Waals surface area contributed by atoms with Crippen LogP contribution in [0, 0.1) is 5.82 Å². The lowest BCUT2D eigenvalue weighted by Crippen LogP contribution is -2.18. The quantitative estimate of drug-likeness (QED) is 0.787. The van der Waals surface area contributed by atoms with Gasteiger partial charge in [-0.2, -0.15) is 0 Å². The van der Waals surface area contributed by atoms with E-state index in [9.17, 15) is 12.8 Å². The van der Waals surface area contributed by atoms with Crippen LogP contribution >= 0.6 is 15.9 Å². The minimum Gasteiger partial charge on any atom is -0.330 e. The minimum absolute atomic E-state index is 0.0553. The van der Waals surface area contributed by atoms with E-state index in [1.807, 2.05) is 0 Å². The van der Waals surface area contributed by atoms with Crippen molar-refractivity contribution in [1.29, 1.82) is 0 Å². The molecule has 0 aliphatic rings. The molecule has 0 saturated heterocycles. The standard InChI is InChI=1S/C10H14BrFN2O2S/c11-8-4-3-5-9(12)10(8)14-17(15,16)7-2-1-6-13/h3-5,14H,1-2,6-7,13H2. The third-order valence-corrected chi connectivity index (χ3v) is 4.09. The molecule has 0 aliphatic heterocycles. The summed E-state index contributed by atoms with van der Waals surface area (Å²) in [4.78, 5) is 0. The average Bonchev–Trinajstić information content (AvgIpc) is 2.24. The Labute approximate surface area is 109 Å². The van der Waals surface area contributed by atoms with Gasteiger partial charge in [0.15, 0.2) is 0 Å². The van der Waals surface area contributed by atoms with Crippen LogP contribution in [0.25, 0.3) is 0 Å². The lowest BCUT2D eigenvalue weighted by atomic mass is 10.3. The fourth-order valence-electron chi connectivity index (χ4n) is 1.24. The lowest BCUT2D eigenvalue weighted by molar-refractivity contribution is 0.594. The second-order valence-electron chi connectivity index (χ2n) is 3.51. The van der Waals surface area contributed by atoms with Gasteiger partial charge in [-0.25, -0.2) is 12.8 Å². The number of rotatable bonds is 6. The predicted octanol–water partition coefficient (Wildman–Crippen LogP) is 2.07. The number of benzene rings is 1. The molecule has 4 nitrogen and oxygen atoms in total. The highest BCUT2D eigenvalue weighted by Crippen LogP contribution is 2.26. The summed E-state index contributed by atoms with van der Waals surface area (Å²) in [5.41, 5.74) is 5.22. The van der Waals surface area contributed by atoms with Crippen molar-refractivity contribution < 1.29 is 12.8 Å². The number of hydrogen-bond acceptors (Lipinski definition) is 3. The van der Waals surface area contributed by atoms with E-state index in [0.717, 1.165) is 0 Å². The number of anilines is 1. The summed E-state index contributed by atoms with van der Waals surface area (Å²) in [6.07, 6.45) is 1.08. The molecule has 7 heteroatoms. The highest BCUT2D eigenvalue weighted by Gasteiger charge is 2.14. The number of unbranched alkanes of at least 4 members (excludes halogenated alkanes) is 1. The maximum Gasteiger partial charge on any atom is 0.232 e. The van der Waals surface area contributed by atoms with Crippen LogP contribution in [0.1, 0.15) is 12.8 Å². The van der Waals surface area contributed by atoms with Crippen LogP contribution in [-0.4, -0.2) is 20.7 Å². The summed E-state index contributed by atoms with van der Waals surface area (Å²) in [7, 11) is -3.53. The van der Waals surface area contributed by atoms with Crippen LogP contribution in [0.3, 0.4) is 0 Å². The number of sulfonamides is 1. The molecule has 0 aliphatic carbocycles. The van der Waals surface area contributed by atoms with Gasteiger partial charge in [-0.05, 0) is 47.4 Å². The van der Waals surface area contributed by atoms with Gasteiger partial charge in [-0.15, -0.1) is 0 Å². The molecule has 0 aromatic heterocycles. The fraction of sp³-hybridized carbons (Fsp3) is 0.400. The van der Waals surface area contributed by atoms with Crippen molar-refractivity contribution in [1.82, 2.24) is 0 Å². The van der Waals surface area contributed by atoms with Crippen LogP contribution in [0.5, 0.6) is 0 Å². The van der Waals surface area contributed by atoms with Gasteiger partial charge in [-0.3, -0.25) is 4.72 Å². The molecule has 0 unspecified atom stereocenters. The molecule has 96 valence electrons. The largest absolute Gasteiger partial charge is 0.330 e. The van der Waals surface area contributed by atoms with Crippen molar-refractivity contribution in [3.63, 3.8) is 0 Å². The number of nitrogens with two attached hydrogens (primary N) is 1. The van der Waals surface area contributed by atoms with Crippen molar-refractivity contribution in [2.45, 2.75) is 12.8 Å². The number of nitrogens with one attached hydrogen (secondary N) is 1. The van der Waals surface area contributed by atoms with E-state index in [1.165, 1.54) is 12.1 Å². The van der Waals surface area contributed by atoms with E-state index in [-0.39, 0.29) is 11.4 Å². The molecule has 0 heterocycles. The Balaban J connectivity index is 2.76. The molecule has 0 fully saturated rings. The second-order valence-corrected chi connectivity index (χ2v) is 6.21. The molecule has 17 heavy (non-hydrogen) atoms. The Morgan fingerprint density at radius 1 is 1.35 bits per heavy atom. The van der Waals surface area contributed by atoms with E-state index >= 15 is 0 Å². The molecule has 1 aromatic carbocycles. The zero-order valence-electron chi connectivity index (χ0n) is 9.12. The normalized spacial score (nSPS) is 11.5.